The highest BCUT2D eigenvalue weighted by Gasteiger charge is 2.22. The number of nitrogens with one attached hydrogen (secondary N) is 2. The van der Waals surface area contributed by atoms with Gasteiger partial charge < -0.3 is 19.4 Å². The first-order chi connectivity index (χ1) is 15.5. The quantitative estimate of drug-likeness (QED) is 0.588. The monoisotopic (exact) mass is 437 g/mol. The highest BCUT2D eigenvalue weighted by atomic mass is 16.5. The molecule has 168 valence electrons. The number of ether oxygens (including phenoxy) is 2. The Hall–Kier alpha value is -3.30. The summed E-state index contributed by atoms with van der Waals surface area (Å²) in [4.78, 5) is 30.7. The summed E-state index contributed by atoms with van der Waals surface area (Å²) in [5, 5.41) is 9.86. The van der Waals surface area contributed by atoms with Gasteiger partial charge in [-0.2, -0.15) is 5.10 Å². The van der Waals surface area contributed by atoms with Crippen LogP contribution in [0, 0.1) is 13.8 Å². The molecule has 4 rings (SSSR count). The summed E-state index contributed by atoms with van der Waals surface area (Å²) in [7, 11) is 1.58. The molecule has 3 aromatic rings. The zero-order valence-electron chi connectivity index (χ0n) is 18.5. The zero-order chi connectivity index (χ0) is 22.7. The Kier molecular flexibility index (Phi) is 6.48. The number of hydrogen-bond donors (Lipinski definition) is 2. The number of aromatic amines is 1. The maximum absolute atomic E-state index is 13.2. The van der Waals surface area contributed by atoms with Gasteiger partial charge in [0.2, 0.25) is 0 Å². The number of hydrogen-bond acceptors (Lipinski definition) is 6. The average Bonchev–Trinajstić information content (AvgIpc) is 3.43. The molecule has 32 heavy (non-hydrogen) atoms. The number of amides is 1. The van der Waals surface area contributed by atoms with E-state index in [0.29, 0.717) is 42.7 Å². The van der Waals surface area contributed by atoms with Gasteiger partial charge in [0.25, 0.3) is 11.5 Å². The SMILES string of the molecule is COCc1nc(-c2cccc(NC(=O)c3c(C)cc(C)n(C[C@@H]4CCCO4)c3=O)c2)n[nH]1. The van der Waals surface area contributed by atoms with E-state index in [4.69, 9.17) is 9.47 Å². The number of carbonyl (C=O) groups is 1. The maximum Gasteiger partial charge on any atom is 0.263 e. The van der Waals surface area contributed by atoms with Crippen LogP contribution in [0.2, 0.25) is 0 Å². The van der Waals surface area contributed by atoms with Crippen molar-refractivity contribution in [1.82, 2.24) is 19.7 Å². The number of pyridine rings is 1. The van der Waals surface area contributed by atoms with Crippen LogP contribution in [0.1, 0.15) is 40.3 Å². The van der Waals surface area contributed by atoms with Gasteiger partial charge in [0.1, 0.15) is 12.2 Å². The van der Waals surface area contributed by atoms with E-state index < -0.39 is 5.91 Å². The number of methoxy groups -OCH3 is 1. The second-order valence-corrected chi connectivity index (χ2v) is 7.97. The Bertz CT molecular complexity index is 1180. The molecule has 0 bridgehead atoms. The Morgan fingerprint density at radius 1 is 1.34 bits per heavy atom. The fourth-order valence-corrected chi connectivity index (χ4v) is 3.98. The number of rotatable bonds is 7. The molecule has 0 radical (unpaired) electrons. The summed E-state index contributed by atoms with van der Waals surface area (Å²) in [6, 6.07) is 9.05. The molecule has 1 atom stereocenters. The van der Waals surface area contributed by atoms with Gasteiger partial charge in [-0.3, -0.25) is 14.7 Å². The minimum absolute atomic E-state index is 0.00560. The van der Waals surface area contributed by atoms with Gasteiger partial charge in [-0.1, -0.05) is 12.1 Å². The van der Waals surface area contributed by atoms with Crippen LogP contribution in [-0.2, 0) is 22.6 Å². The van der Waals surface area contributed by atoms with Crippen molar-refractivity contribution >= 4 is 11.6 Å². The Labute approximate surface area is 185 Å². The molecule has 9 nitrogen and oxygen atoms in total. The number of aromatic nitrogens is 4. The fraction of sp³-hybridized carbons (Fsp3) is 0.391. The van der Waals surface area contributed by atoms with Crippen LogP contribution in [-0.4, -0.2) is 45.5 Å². The van der Waals surface area contributed by atoms with E-state index in [1.54, 1.807) is 36.8 Å². The van der Waals surface area contributed by atoms with Gasteiger partial charge >= 0.3 is 0 Å². The summed E-state index contributed by atoms with van der Waals surface area (Å²) in [5.74, 6) is 0.665. The van der Waals surface area contributed by atoms with E-state index in [0.717, 1.165) is 24.1 Å². The third kappa shape index (κ3) is 4.63. The van der Waals surface area contributed by atoms with Crippen molar-refractivity contribution < 1.29 is 14.3 Å². The highest BCUT2D eigenvalue weighted by molar-refractivity contribution is 6.05. The Morgan fingerprint density at radius 2 is 2.19 bits per heavy atom. The topological polar surface area (TPSA) is 111 Å². The molecule has 3 heterocycles. The summed E-state index contributed by atoms with van der Waals surface area (Å²) in [5.41, 5.74) is 2.58. The predicted molar refractivity (Wildman–Crippen MR) is 120 cm³/mol. The van der Waals surface area contributed by atoms with Crippen LogP contribution in [0.3, 0.4) is 0 Å². The van der Waals surface area contributed by atoms with Crippen molar-refractivity contribution in [1.29, 1.82) is 0 Å². The fourth-order valence-electron chi connectivity index (χ4n) is 3.98. The molecule has 1 aliphatic heterocycles. The number of aryl methyl sites for hydroxylation is 2. The Morgan fingerprint density at radius 3 is 2.94 bits per heavy atom. The average molecular weight is 438 g/mol. The van der Waals surface area contributed by atoms with Crippen molar-refractivity contribution in [2.24, 2.45) is 0 Å². The van der Waals surface area contributed by atoms with Gasteiger partial charge in [0.15, 0.2) is 11.6 Å². The van der Waals surface area contributed by atoms with Gasteiger partial charge in [-0.05, 0) is 50.5 Å². The predicted octanol–water partition coefficient (Wildman–Crippen LogP) is 2.83. The lowest BCUT2D eigenvalue weighted by molar-refractivity contribution is 0.0947. The van der Waals surface area contributed by atoms with Crippen molar-refractivity contribution in [3.8, 4) is 11.4 Å². The summed E-state index contributed by atoms with van der Waals surface area (Å²) >= 11 is 0. The largest absolute Gasteiger partial charge is 0.377 e. The zero-order valence-corrected chi connectivity index (χ0v) is 18.5. The summed E-state index contributed by atoms with van der Waals surface area (Å²) in [6.45, 7) is 5.15. The lowest BCUT2D eigenvalue weighted by Crippen LogP contribution is -2.34. The Balaban J connectivity index is 1.58. The van der Waals surface area contributed by atoms with Crippen molar-refractivity contribution in [3.05, 3.63) is 63.3 Å². The molecule has 1 aliphatic rings. The first-order valence-corrected chi connectivity index (χ1v) is 10.6. The smallest absolute Gasteiger partial charge is 0.263 e. The number of carbonyl (C=O) groups excluding carboxylic acids is 1. The molecule has 0 aliphatic carbocycles. The highest BCUT2D eigenvalue weighted by Crippen LogP contribution is 2.21. The van der Waals surface area contributed by atoms with Gasteiger partial charge in [-0.15, -0.1) is 0 Å². The second kappa shape index (κ2) is 9.46. The summed E-state index contributed by atoms with van der Waals surface area (Å²) in [6.07, 6.45) is 1.92. The van der Waals surface area contributed by atoms with Crippen LogP contribution in [0.25, 0.3) is 11.4 Å². The van der Waals surface area contributed by atoms with E-state index in [9.17, 15) is 9.59 Å². The molecule has 1 fully saturated rings. The van der Waals surface area contributed by atoms with E-state index in [1.807, 2.05) is 19.1 Å². The number of anilines is 1. The standard InChI is InChI=1S/C23H27N5O4/c1-14-10-15(2)28(12-18-8-5-9-32-18)23(30)20(14)22(29)24-17-7-4-6-16(11-17)21-25-19(13-31-3)26-27-21/h4,6-7,10-11,18H,5,8-9,12-13H2,1-3H3,(H,24,29)(H,25,26,27)/t18-/m0/s1. The van der Waals surface area contributed by atoms with Crippen molar-refractivity contribution in [3.63, 3.8) is 0 Å². The van der Waals surface area contributed by atoms with E-state index in [2.05, 4.69) is 20.5 Å². The molecule has 0 unspecified atom stereocenters. The van der Waals surface area contributed by atoms with Gasteiger partial charge in [0.05, 0.1) is 12.6 Å². The molecule has 2 N–H and O–H groups in total. The molecule has 0 spiro atoms. The van der Waals surface area contributed by atoms with Crippen LogP contribution in [0.4, 0.5) is 5.69 Å². The molecular weight excluding hydrogens is 410 g/mol. The third-order valence-electron chi connectivity index (χ3n) is 5.53. The van der Waals surface area contributed by atoms with Gasteiger partial charge in [0, 0.05) is 30.7 Å². The molecule has 1 saturated heterocycles. The van der Waals surface area contributed by atoms with E-state index in [-0.39, 0.29) is 17.2 Å². The van der Waals surface area contributed by atoms with Gasteiger partial charge in [-0.25, -0.2) is 4.98 Å². The normalized spacial score (nSPS) is 15.8. The molecule has 2 aromatic heterocycles. The van der Waals surface area contributed by atoms with Crippen molar-refractivity contribution in [2.75, 3.05) is 19.0 Å². The minimum Gasteiger partial charge on any atom is -0.377 e. The van der Waals surface area contributed by atoms with Crippen LogP contribution >= 0.6 is 0 Å². The molecule has 9 heteroatoms. The minimum atomic E-state index is -0.444. The lowest BCUT2D eigenvalue weighted by atomic mass is 10.1. The van der Waals surface area contributed by atoms with Crippen LogP contribution in [0.5, 0.6) is 0 Å². The van der Waals surface area contributed by atoms with E-state index in [1.165, 1.54) is 0 Å². The molecule has 0 saturated carbocycles. The lowest BCUT2D eigenvalue weighted by Gasteiger charge is -2.17. The van der Waals surface area contributed by atoms with Crippen LogP contribution < -0.4 is 10.9 Å². The summed E-state index contributed by atoms with van der Waals surface area (Å²) < 4.78 is 12.4. The number of benzene rings is 1. The molecule has 1 amide bonds. The molecule has 1 aromatic carbocycles. The first-order valence-electron chi connectivity index (χ1n) is 10.6. The third-order valence-corrected chi connectivity index (χ3v) is 5.53. The van der Waals surface area contributed by atoms with Crippen LogP contribution in [0.15, 0.2) is 35.1 Å². The molecular formula is C23H27N5O4. The van der Waals surface area contributed by atoms with E-state index >= 15 is 0 Å². The second-order valence-electron chi connectivity index (χ2n) is 7.97. The maximum atomic E-state index is 13.2. The van der Waals surface area contributed by atoms with Crippen molar-refractivity contribution in [2.45, 2.75) is 45.9 Å². The number of H-pyrrole nitrogens is 1. The number of nitrogens with zero attached hydrogens (tertiary/aromatic N) is 3. The first kappa shape index (κ1) is 21.9.